The summed E-state index contributed by atoms with van der Waals surface area (Å²) in [6.07, 6.45) is 0. The number of ether oxygens (including phenoxy) is 1. The van der Waals surface area contributed by atoms with Gasteiger partial charge in [-0.2, -0.15) is 4.31 Å². The highest BCUT2D eigenvalue weighted by molar-refractivity contribution is 7.99. The van der Waals surface area contributed by atoms with E-state index in [1.807, 2.05) is 24.3 Å². The molecule has 9 heteroatoms. The van der Waals surface area contributed by atoms with Crippen LogP contribution in [0.2, 0.25) is 0 Å². The molecule has 0 aromatic heterocycles. The van der Waals surface area contributed by atoms with Crippen molar-refractivity contribution in [3.8, 4) is 5.75 Å². The summed E-state index contributed by atoms with van der Waals surface area (Å²) in [5.41, 5.74) is 0.699. The number of carbonyl (C=O) groups is 1. The lowest BCUT2D eigenvalue weighted by molar-refractivity contribution is 0.0942. The number of methoxy groups -OCH3 is 1. The van der Waals surface area contributed by atoms with Crippen LogP contribution in [-0.4, -0.2) is 75.7 Å². The molecule has 1 fully saturated rings. The van der Waals surface area contributed by atoms with Crippen molar-refractivity contribution < 1.29 is 17.9 Å². The fourth-order valence-corrected chi connectivity index (χ4v) is 5.67. The van der Waals surface area contributed by atoms with Crippen molar-refractivity contribution in [1.82, 2.24) is 14.5 Å². The van der Waals surface area contributed by atoms with E-state index >= 15 is 0 Å². The highest BCUT2D eigenvalue weighted by Crippen LogP contribution is 2.22. The molecule has 0 saturated carbocycles. The Morgan fingerprint density at radius 2 is 1.74 bits per heavy atom. The van der Waals surface area contributed by atoms with E-state index in [2.05, 4.69) is 17.1 Å². The van der Waals surface area contributed by atoms with Gasteiger partial charge >= 0.3 is 0 Å². The van der Waals surface area contributed by atoms with Gasteiger partial charge in [-0.25, -0.2) is 8.42 Å². The van der Waals surface area contributed by atoms with Crippen LogP contribution in [0, 0.1) is 0 Å². The van der Waals surface area contributed by atoms with Gasteiger partial charge in [0.2, 0.25) is 10.0 Å². The molecule has 3 rings (SSSR count). The zero-order valence-electron chi connectivity index (χ0n) is 17.9. The fourth-order valence-electron chi connectivity index (χ4n) is 3.45. The normalized spacial score (nSPS) is 15.5. The Hall–Kier alpha value is -2.07. The van der Waals surface area contributed by atoms with Crippen molar-refractivity contribution in [2.75, 3.05) is 52.1 Å². The maximum absolute atomic E-state index is 12.8. The molecule has 2 aromatic carbocycles. The van der Waals surface area contributed by atoms with Crippen LogP contribution in [0.3, 0.4) is 0 Å². The number of nitrogens with one attached hydrogen (secondary N) is 1. The minimum absolute atomic E-state index is 0.0720. The molecule has 1 aliphatic heterocycles. The minimum atomic E-state index is -3.51. The standard InChI is InChI=1S/C22H29N3O4S2/c1-3-30-21-7-5-4-6-20(21)22(26)23-12-13-24-14-16-25(17-15-24)31(27,28)19-10-8-18(29-2)9-11-19/h4-11H,3,12-17H2,1-2H3,(H,23,26). The molecule has 1 saturated heterocycles. The molecule has 0 spiro atoms. The van der Waals surface area contributed by atoms with E-state index in [0.29, 0.717) is 50.6 Å². The SMILES string of the molecule is CCSc1ccccc1C(=O)NCCN1CCN(S(=O)(=O)c2ccc(OC)cc2)CC1. The van der Waals surface area contributed by atoms with Crippen LogP contribution in [0.4, 0.5) is 0 Å². The van der Waals surface area contributed by atoms with Crippen molar-refractivity contribution >= 4 is 27.7 Å². The van der Waals surface area contributed by atoms with Gasteiger partial charge in [0.05, 0.1) is 17.6 Å². The fraction of sp³-hybridized carbons (Fsp3) is 0.409. The van der Waals surface area contributed by atoms with Gasteiger partial charge in [0, 0.05) is 44.2 Å². The molecule has 7 nitrogen and oxygen atoms in total. The molecule has 0 aliphatic carbocycles. The first-order chi connectivity index (χ1) is 15.0. The molecule has 2 aromatic rings. The summed E-state index contributed by atoms with van der Waals surface area (Å²) in [4.78, 5) is 16.0. The lowest BCUT2D eigenvalue weighted by atomic mass is 10.2. The van der Waals surface area contributed by atoms with E-state index < -0.39 is 10.0 Å². The molecule has 0 bridgehead atoms. The van der Waals surface area contributed by atoms with Crippen molar-refractivity contribution in [2.45, 2.75) is 16.7 Å². The van der Waals surface area contributed by atoms with Crippen LogP contribution in [0.15, 0.2) is 58.3 Å². The second kappa shape index (κ2) is 11.0. The quantitative estimate of drug-likeness (QED) is 0.576. The first kappa shape index (κ1) is 23.6. The summed E-state index contributed by atoms with van der Waals surface area (Å²) in [5, 5.41) is 2.99. The monoisotopic (exact) mass is 463 g/mol. The largest absolute Gasteiger partial charge is 0.497 e. The number of hydrogen-bond donors (Lipinski definition) is 1. The number of hydrogen-bond acceptors (Lipinski definition) is 6. The number of nitrogens with zero attached hydrogens (tertiary/aromatic N) is 2. The van der Waals surface area contributed by atoms with E-state index in [1.54, 1.807) is 43.1 Å². The first-order valence-electron chi connectivity index (χ1n) is 10.3. The predicted molar refractivity (Wildman–Crippen MR) is 123 cm³/mol. The molecule has 0 atom stereocenters. The molecule has 31 heavy (non-hydrogen) atoms. The minimum Gasteiger partial charge on any atom is -0.497 e. The highest BCUT2D eigenvalue weighted by Gasteiger charge is 2.28. The lowest BCUT2D eigenvalue weighted by Crippen LogP contribution is -2.50. The highest BCUT2D eigenvalue weighted by atomic mass is 32.2. The van der Waals surface area contributed by atoms with Gasteiger partial charge in [0.15, 0.2) is 0 Å². The average molecular weight is 464 g/mol. The number of carbonyl (C=O) groups excluding carboxylic acids is 1. The number of rotatable bonds is 9. The number of amides is 1. The van der Waals surface area contributed by atoms with Gasteiger partial charge in [-0.3, -0.25) is 9.69 Å². The smallest absolute Gasteiger partial charge is 0.252 e. The zero-order valence-corrected chi connectivity index (χ0v) is 19.5. The summed E-state index contributed by atoms with van der Waals surface area (Å²) >= 11 is 1.65. The Bertz CT molecular complexity index is 973. The van der Waals surface area contributed by atoms with Crippen LogP contribution in [0.5, 0.6) is 5.75 Å². The van der Waals surface area contributed by atoms with Crippen LogP contribution in [0.1, 0.15) is 17.3 Å². The van der Waals surface area contributed by atoms with Crippen LogP contribution < -0.4 is 10.1 Å². The number of piperazine rings is 1. The molecule has 1 N–H and O–H groups in total. The van der Waals surface area contributed by atoms with Crippen molar-refractivity contribution in [3.63, 3.8) is 0 Å². The Morgan fingerprint density at radius 3 is 2.39 bits per heavy atom. The van der Waals surface area contributed by atoms with E-state index in [1.165, 1.54) is 4.31 Å². The Balaban J connectivity index is 1.47. The molecular formula is C22H29N3O4S2. The molecular weight excluding hydrogens is 434 g/mol. The van der Waals surface area contributed by atoms with E-state index in [0.717, 1.165) is 10.6 Å². The van der Waals surface area contributed by atoms with Gasteiger partial charge in [-0.1, -0.05) is 19.1 Å². The second-order valence-electron chi connectivity index (χ2n) is 7.11. The van der Waals surface area contributed by atoms with Crippen LogP contribution in [0.25, 0.3) is 0 Å². The maximum atomic E-state index is 12.8. The van der Waals surface area contributed by atoms with Crippen molar-refractivity contribution in [1.29, 1.82) is 0 Å². The van der Waals surface area contributed by atoms with E-state index in [-0.39, 0.29) is 10.8 Å². The van der Waals surface area contributed by atoms with Crippen LogP contribution in [-0.2, 0) is 10.0 Å². The van der Waals surface area contributed by atoms with Gasteiger partial charge < -0.3 is 10.1 Å². The second-order valence-corrected chi connectivity index (χ2v) is 10.4. The van der Waals surface area contributed by atoms with Gasteiger partial charge in [0.1, 0.15) is 5.75 Å². The van der Waals surface area contributed by atoms with E-state index in [4.69, 9.17) is 4.74 Å². The van der Waals surface area contributed by atoms with E-state index in [9.17, 15) is 13.2 Å². The third-order valence-corrected chi connectivity index (χ3v) is 8.04. The van der Waals surface area contributed by atoms with Gasteiger partial charge in [-0.05, 0) is 42.2 Å². The summed E-state index contributed by atoms with van der Waals surface area (Å²) in [7, 11) is -1.96. The number of benzene rings is 2. The number of thioether (sulfide) groups is 1. The third-order valence-electron chi connectivity index (χ3n) is 5.17. The summed E-state index contributed by atoms with van der Waals surface area (Å²) < 4.78 is 32.3. The Labute approximate surface area is 188 Å². The molecule has 168 valence electrons. The van der Waals surface area contributed by atoms with Crippen LogP contribution >= 0.6 is 11.8 Å². The average Bonchev–Trinajstić information content (AvgIpc) is 2.80. The zero-order chi connectivity index (χ0) is 22.3. The topological polar surface area (TPSA) is 79.0 Å². The summed E-state index contributed by atoms with van der Waals surface area (Å²) in [6.45, 7) is 5.39. The summed E-state index contributed by atoms with van der Waals surface area (Å²) in [5.74, 6) is 1.47. The number of sulfonamides is 1. The Morgan fingerprint density at radius 1 is 1.06 bits per heavy atom. The Kier molecular flexibility index (Phi) is 8.36. The lowest BCUT2D eigenvalue weighted by Gasteiger charge is -2.34. The summed E-state index contributed by atoms with van der Waals surface area (Å²) in [6, 6.07) is 14.1. The third kappa shape index (κ3) is 6.00. The van der Waals surface area contributed by atoms with Gasteiger partial charge in [-0.15, -0.1) is 11.8 Å². The van der Waals surface area contributed by atoms with Crippen molar-refractivity contribution in [2.24, 2.45) is 0 Å². The first-order valence-corrected chi connectivity index (χ1v) is 12.7. The molecule has 1 aliphatic rings. The molecule has 1 amide bonds. The molecule has 0 radical (unpaired) electrons. The van der Waals surface area contributed by atoms with Gasteiger partial charge in [0.25, 0.3) is 5.91 Å². The molecule has 1 heterocycles. The maximum Gasteiger partial charge on any atom is 0.252 e. The van der Waals surface area contributed by atoms with Crippen molar-refractivity contribution in [3.05, 3.63) is 54.1 Å². The molecule has 0 unspecified atom stereocenters. The predicted octanol–water partition coefficient (Wildman–Crippen LogP) is 2.54.